The van der Waals surface area contributed by atoms with Crippen LogP contribution in [-0.4, -0.2) is 28.9 Å². The van der Waals surface area contributed by atoms with Crippen molar-refractivity contribution in [2.24, 2.45) is 5.73 Å². The summed E-state index contributed by atoms with van der Waals surface area (Å²) in [5.74, 6) is -0.530. The second kappa shape index (κ2) is 9.28. The fourth-order valence-electron chi connectivity index (χ4n) is 2.87. The van der Waals surface area contributed by atoms with Gasteiger partial charge < -0.3 is 20.9 Å². The fourth-order valence-corrected chi connectivity index (χ4v) is 2.87. The Balaban J connectivity index is 0.00000261. The summed E-state index contributed by atoms with van der Waals surface area (Å²) in [6.45, 7) is 0. The standard InChI is InChI=1S/C19H19N3O4.Pr/c20-18(21)11-1-3-12(4-2-11)19(25)22-14-6-8-16-13(9-14)5-7-15(26-16)10-17(23)24;/h1-4,6,8-9,15H,5,7,10H2,(H3,20,21)(H,22,25)(H,23,24);. The molecule has 0 aromatic heterocycles. The Bertz CT molecular complexity index is 868. The number of carbonyl (C=O) groups excluding carboxylic acids is 1. The number of carbonyl (C=O) groups is 2. The predicted octanol–water partition coefficient (Wildman–Crippen LogP) is 2.39. The van der Waals surface area contributed by atoms with Gasteiger partial charge in [0.2, 0.25) is 0 Å². The summed E-state index contributed by atoms with van der Waals surface area (Å²) in [4.78, 5) is 23.1. The Hall–Kier alpha value is -1.99. The number of aryl methyl sites for hydroxylation is 1. The van der Waals surface area contributed by atoms with Gasteiger partial charge in [0.1, 0.15) is 17.7 Å². The van der Waals surface area contributed by atoms with Gasteiger partial charge in [0.05, 0.1) is 6.42 Å². The average Bonchev–Trinajstić information content (AvgIpc) is 2.61. The summed E-state index contributed by atoms with van der Waals surface area (Å²) < 4.78 is 5.70. The topological polar surface area (TPSA) is 126 Å². The van der Waals surface area contributed by atoms with E-state index in [9.17, 15) is 9.59 Å². The molecule has 3 rings (SSSR count). The van der Waals surface area contributed by atoms with Gasteiger partial charge in [-0.3, -0.25) is 15.0 Å². The molecule has 7 nitrogen and oxygen atoms in total. The normalized spacial score (nSPS) is 14.9. The van der Waals surface area contributed by atoms with E-state index in [2.05, 4.69) is 5.32 Å². The van der Waals surface area contributed by atoms with Gasteiger partial charge in [0, 0.05) is 58.1 Å². The van der Waals surface area contributed by atoms with Gasteiger partial charge in [-0.1, -0.05) is 12.1 Å². The summed E-state index contributed by atoms with van der Waals surface area (Å²) in [5.41, 5.74) is 8.01. The van der Waals surface area contributed by atoms with Crippen LogP contribution in [0, 0.1) is 46.7 Å². The zero-order valence-electron chi connectivity index (χ0n) is 14.6. The number of rotatable bonds is 5. The van der Waals surface area contributed by atoms with E-state index in [1.54, 1.807) is 36.4 Å². The third-order valence-electron chi connectivity index (χ3n) is 4.21. The molecule has 1 heterocycles. The van der Waals surface area contributed by atoms with E-state index in [1.165, 1.54) is 0 Å². The molecule has 2 aromatic rings. The average molecular weight is 494 g/mol. The Labute approximate surface area is 189 Å². The number of fused-ring (bicyclic) bond motifs is 1. The van der Waals surface area contributed by atoms with E-state index in [-0.39, 0.29) is 65.6 Å². The van der Waals surface area contributed by atoms with Crippen molar-refractivity contribution in [2.75, 3.05) is 5.32 Å². The van der Waals surface area contributed by atoms with Gasteiger partial charge in [-0.25, -0.2) is 0 Å². The molecule has 1 aliphatic rings. The van der Waals surface area contributed by atoms with Crippen molar-refractivity contribution in [1.82, 2.24) is 0 Å². The minimum absolute atomic E-state index is 0. The maximum Gasteiger partial charge on any atom is 0.307 e. The van der Waals surface area contributed by atoms with Crippen molar-refractivity contribution >= 4 is 23.4 Å². The third-order valence-corrected chi connectivity index (χ3v) is 4.21. The number of carboxylic acids is 1. The SMILES string of the molecule is N=C(N)c1ccc(C(=O)Nc2ccc3c(c2)CCC(CC(=O)O)O3)cc1.[Pr]. The van der Waals surface area contributed by atoms with Crippen molar-refractivity contribution in [2.45, 2.75) is 25.4 Å². The molecule has 0 saturated heterocycles. The summed E-state index contributed by atoms with van der Waals surface area (Å²) in [7, 11) is 0. The molecular formula is C19H19N3O4Pr. The van der Waals surface area contributed by atoms with Crippen LogP contribution in [0.15, 0.2) is 42.5 Å². The Kier molecular flexibility index (Phi) is 7.33. The largest absolute Gasteiger partial charge is 0.490 e. The number of anilines is 1. The van der Waals surface area contributed by atoms with E-state index in [1.807, 2.05) is 6.07 Å². The molecule has 27 heavy (non-hydrogen) atoms. The second-order valence-corrected chi connectivity index (χ2v) is 6.14. The third kappa shape index (κ3) is 5.50. The van der Waals surface area contributed by atoms with Crippen LogP contribution in [0.1, 0.15) is 34.3 Å². The minimum Gasteiger partial charge on any atom is -0.490 e. The smallest absolute Gasteiger partial charge is 0.307 e. The number of ether oxygens (including phenoxy) is 1. The molecule has 137 valence electrons. The zero-order chi connectivity index (χ0) is 18.7. The Morgan fingerprint density at radius 1 is 1.19 bits per heavy atom. The van der Waals surface area contributed by atoms with Gasteiger partial charge in [-0.2, -0.15) is 0 Å². The number of nitrogens with one attached hydrogen (secondary N) is 2. The van der Waals surface area contributed by atoms with Crippen LogP contribution in [0.4, 0.5) is 5.69 Å². The van der Waals surface area contributed by atoms with E-state index >= 15 is 0 Å². The number of nitrogen functional groups attached to an aromatic ring is 1. The molecule has 8 heteroatoms. The summed E-state index contributed by atoms with van der Waals surface area (Å²) in [5, 5.41) is 19.1. The molecule has 1 amide bonds. The number of aliphatic carboxylic acids is 1. The first-order valence-electron chi connectivity index (χ1n) is 8.19. The molecule has 0 fully saturated rings. The number of amidine groups is 1. The number of amides is 1. The second-order valence-electron chi connectivity index (χ2n) is 6.14. The molecule has 0 bridgehead atoms. The van der Waals surface area contributed by atoms with E-state index < -0.39 is 5.97 Å². The molecule has 5 N–H and O–H groups in total. The first-order valence-corrected chi connectivity index (χ1v) is 8.19. The maximum atomic E-state index is 12.3. The van der Waals surface area contributed by atoms with Crippen molar-refractivity contribution in [3.63, 3.8) is 0 Å². The predicted molar refractivity (Wildman–Crippen MR) is 96.8 cm³/mol. The van der Waals surface area contributed by atoms with Crippen molar-refractivity contribution in [1.29, 1.82) is 5.41 Å². The zero-order valence-corrected chi connectivity index (χ0v) is 18.3. The van der Waals surface area contributed by atoms with Crippen LogP contribution in [0.2, 0.25) is 0 Å². The monoisotopic (exact) mass is 494 g/mol. The summed E-state index contributed by atoms with van der Waals surface area (Å²) in [6, 6.07) is 11.8. The quantitative estimate of drug-likeness (QED) is 0.375. The number of hydrogen-bond acceptors (Lipinski definition) is 4. The maximum absolute atomic E-state index is 12.3. The summed E-state index contributed by atoms with van der Waals surface area (Å²) >= 11 is 0. The molecule has 1 radical (unpaired) electrons. The molecule has 0 spiro atoms. The van der Waals surface area contributed by atoms with Gasteiger partial charge in [0.15, 0.2) is 0 Å². The molecule has 1 aliphatic heterocycles. The first kappa shape index (κ1) is 21.3. The Morgan fingerprint density at radius 3 is 2.48 bits per heavy atom. The van der Waals surface area contributed by atoms with Crippen LogP contribution < -0.4 is 15.8 Å². The summed E-state index contributed by atoms with van der Waals surface area (Å²) in [6.07, 6.45) is 0.988. The van der Waals surface area contributed by atoms with Crippen LogP contribution in [0.25, 0.3) is 0 Å². The van der Waals surface area contributed by atoms with Crippen molar-refractivity contribution < 1.29 is 60.7 Å². The number of carboxylic acid groups (broad SMARTS) is 1. The van der Waals surface area contributed by atoms with Crippen molar-refractivity contribution in [3.8, 4) is 5.75 Å². The molecule has 0 saturated carbocycles. The fraction of sp³-hybridized carbons (Fsp3) is 0.211. The van der Waals surface area contributed by atoms with E-state index in [0.29, 0.717) is 35.4 Å². The van der Waals surface area contributed by atoms with Crippen molar-refractivity contribution in [3.05, 3.63) is 59.2 Å². The minimum atomic E-state index is -0.877. The number of hydrogen-bond donors (Lipinski definition) is 4. The first-order chi connectivity index (χ1) is 12.4. The molecule has 1 unspecified atom stereocenters. The van der Waals surface area contributed by atoms with Crippen LogP contribution in [0.3, 0.4) is 0 Å². The van der Waals surface area contributed by atoms with Gasteiger partial charge in [-0.05, 0) is 48.7 Å². The van der Waals surface area contributed by atoms with Gasteiger partial charge in [0.25, 0.3) is 5.91 Å². The number of nitrogens with two attached hydrogens (primary N) is 1. The van der Waals surface area contributed by atoms with E-state index in [4.69, 9.17) is 21.0 Å². The van der Waals surface area contributed by atoms with Crippen LogP contribution in [0.5, 0.6) is 5.75 Å². The van der Waals surface area contributed by atoms with Gasteiger partial charge >= 0.3 is 5.97 Å². The molecular weight excluding hydrogens is 475 g/mol. The van der Waals surface area contributed by atoms with Crippen LogP contribution >= 0.6 is 0 Å². The molecule has 1 atom stereocenters. The molecule has 2 aromatic carbocycles. The molecule has 0 aliphatic carbocycles. The van der Waals surface area contributed by atoms with Crippen LogP contribution in [-0.2, 0) is 11.2 Å². The van der Waals surface area contributed by atoms with Gasteiger partial charge in [-0.15, -0.1) is 0 Å². The Morgan fingerprint density at radius 2 is 1.85 bits per heavy atom. The number of benzene rings is 2. The van der Waals surface area contributed by atoms with E-state index in [0.717, 1.165) is 5.56 Å².